The number of nitrogens with one attached hydrogen (secondary N) is 1. The third-order valence-electron chi connectivity index (χ3n) is 2.55. The average Bonchev–Trinajstić information content (AvgIpc) is 2.50. The van der Waals surface area contributed by atoms with Crippen molar-refractivity contribution in [1.29, 1.82) is 0 Å². The summed E-state index contributed by atoms with van der Waals surface area (Å²) in [7, 11) is 0. The maximum atomic E-state index is 13.3. The molecule has 15 heavy (non-hydrogen) atoms. The van der Waals surface area contributed by atoms with Gasteiger partial charge in [0.25, 0.3) is 0 Å². The van der Waals surface area contributed by atoms with Crippen LogP contribution in [0.25, 0.3) is 0 Å². The van der Waals surface area contributed by atoms with E-state index in [9.17, 15) is 4.39 Å². The van der Waals surface area contributed by atoms with Crippen molar-refractivity contribution in [2.75, 3.05) is 18.5 Å². The smallest absolute Gasteiger partial charge is 0.165 e. The molecule has 0 amide bonds. The number of rotatable bonds is 2. The molecular weight excluding hydrogens is 195 g/mol. The molecule has 1 aromatic rings. The molecule has 82 valence electrons. The molecule has 1 fully saturated rings. The summed E-state index contributed by atoms with van der Waals surface area (Å²) >= 11 is 0. The van der Waals surface area contributed by atoms with E-state index < -0.39 is 0 Å². The molecule has 1 N–H and O–H groups in total. The van der Waals surface area contributed by atoms with Gasteiger partial charge in [0, 0.05) is 25.5 Å². The second-order valence-corrected chi connectivity index (χ2v) is 3.72. The molecule has 1 aliphatic heterocycles. The zero-order chi connectivity index (χ0) is 10.5. The van der Waals surface area contributed by atoms with Gasteiger partial charge in [-0.15, -0.1) is 0 Å². The van der Waals surface area contributed by atoms with E-state index in [1.807, 2.05) is 0 Å². The van der Waals surface area contributed by atoms with Crippen LogP contribution < -0.4 is 5.32 Å². The molecule has 0 aromatic carbocycles. The van der Waals surface area contributed by atoms with Crippen LogP contribution in [0.3, 0.4) is 0 Å². The molecule has 0 saturated carbocycles. The van der Waals surface area contributed by atoms with Gasteiger partial charge >= 0.3 is 0 Å². The number of ether oxygens (including phenoxy) is 1. The van der Waals surface area contributed by atoms with E-state index in [-0.39, 0.29) is 11.9 Å². The predicted octanol–water partition coefficient (Wildman–Crippen LogP) is 2.20. The SMILES string of the molecule is Fc1cccnc1NC1CCCOCC1. The first-order valence-corrected chi connectivity index (χ1v) is 5.31. The minimum absolute atomic E-state index is 0.275. The monoisotopic (exact) mass is 210 g/mol. The molecule has 1 aliphatic rings. The summed E-state index contributed by atoms with van der Waals surface area (Å²) in [5, 5.41) is 3.12. The quantitative estimate of drug-likeness (QED) is 0.812. The standard InChI is InChI=1S/C11H15FN2O/c12-10-4-1-6-13-11(10)14-9-3-2-7-15-8-5-9/h1,4,6,9H,2-3,5,7-8H2,(H,13,14). The predicted molar refractivity (Wildman–Crippen MR) is 56.3 cm³/mol. The lowest BCUT2D eigenvalue weighted by molar-refractivity contribution is 0.144. The summed E-state index contributed by atoms with van der Waals surface area (Å²) in [4.78, 5) is 3.98. The van der Waals surface area contributed by atoms with E-state index in [0.29, 0.717) is 5.82 Å². The van der Waals surface area contributed by atoms with Crippen LogP contribution in [0.15, 0.2) is 18.3 Å². The largest absolute Gasteiger partial charge is 0.381 e. The molecule has 0 aliphatic carbocycles. The van der Waals surface area contributed by atoms with Crippen molar-refractivity contribution in [1.82, 2.24) is 4.98 Å². The molecular formula is C11H15FN2O. The van der Waals surface area contributed by atoms with Crippen LogP contribution in [-0.4, -0.2) is 24.2 Å². The van der Waals surface area contributed by atoms with Gasteiger partial charge in [-0.1, -0.05) is 0 Å². The molecule has 3 nitrogen and oxygen atoms in total. The number of anilines is 1. The number of pyridine rings is 1. The maximum Gasteiger partial charge on any atom is 0.165 e. The molecule has 0 bridgehead atoms. The van der Waals surface area contributed by atoms with Crippen molar-refractivity contribution in [2.24, 2.45) is 0 Å². The Morgan fingerprint density at radius 1 is 1.40 bits per heavy atom. The lowest BCUT2D eigenvalue weighted by atomic mass is 10.1. The molecule has 1 aromatic heterocycles. The van der Waals surface area contributed by atoms with Gasteiger partial charge in [-0.25, -0.2) is 9.37 Å². The summed E-state index contributed by atoms with van der Waals surface area (Å²) in [6.07, 6.45) is 4.54. The molecule has 1 atom stereocenters. The first-order chi connectivity index (χ1) is 7.36. The summed E-state index contributed by atoms with van der Waals surface area (Å²) in [6.45, 7) is 1.55. The van der Waals surface area contributed by atoms with Crippen molar-refractivity contribution < 1.29 is 9.13 Å². The number of halogens is 1. The first kappa shape index (κ1) is 10.4. The van der Waals surface area contributed by atoms with Gasteiger partial charge in [0.2, 0.25) is 0 Å². The highest BCUT2D eigenvalue weighted by Crippen LogP contribution is 2.16. The number of aromatic nitrogens is 1. The lowest BCUT2D eigenvalue weighted by Crippen LogP contribution is -2.21. The van der Waals surface area contributed by atoms with Crippen molar-refractivity contribution in [3.63, 3.8) is 0 Å². The Balaban J connectivity index is 1.98. The summed E-state index contributed by atoms with van der Waals surface area (Å²) in [6, 6.07) is 3.29. The lowest BCUT2D eigenvalue weighted by Gasteiger charge is -2.16. The van der Waals surface area contributed by atoms with Crippen LogP contribution in [0.1, 0.15) is 19.3 Å². The van der Waals surface area contributed by atoms with E-state index >= 15 is 0 Å². The van der Waals surface area contributed by atoms with E-state index in [0.717, 1.165) is 32.5 Å². The Bertz CT molecular complexity index is 311. The van der Waals surface area contributed by atoms with Crippen LogP contribution in [0, 0.1) is 5.82 Å². The van der Waals surface area contributed by atoms with Gasteiger partial charge in [0.15, 0.2) is 11.6 Å². The fraction of sp³-hybridized carbons (Fsp3) is 0.545. The third-order valence-corrected chi connectivity index (χ3v) is 2.55. The van der Waals surface area contributed by atoms with Crippen LogP contribution in [0.2, 0.25) is 0 Å². The minimum Gasteiger partial charge on any atom is -0.381 e. The molecule has 2 rings (SSSR count). The van der Waals surface area contributed by atoms with Crippen molar-refractivity contribution in [2.45, 2.75) is 25.3 Å². The van der Waals surface area contributed by atoms with Crippen LogP contribution in [-0.2, 0) is 4.74 Å². The number of nitrogens with zero attached hydrogens (tertiary/aromatic N) is 1. The Morgan fingerprint density at radius 3 is 3.20 bits per heavy atom. The maximum absolute atomic E-state index is 13.3. The molecule has 0 radical (unpaired) electrons. The fourth-order valence-electron chi connectivity index (χ4n) is 1.73. The zero-order valence-corrected chi connectivity index (χ0v) is 8.58. The molecule has 1 unspecified atom stereocenters. The molecule has 4 heteroatoms. The van der Waals surface area contributed by atoms with Gasteiger partial charge in [-0.05, 0) is 31.4 Å². The first-order valence-electron chi connectivity index (χ1n) is 5.31. The van der Waals surface area contributed by atoms with Crippen molar-refractivity contribution in [3.8, 4) is 0 Å². The minimum atomic E-state index is -0.289. The van der Waals surface area contributed by atoms with Crippen LogP contribution in [0.4, 0.5) is 10.2 Å². The molecule has 2 heterocycles. The van der Waals surface area contributed by atoms with Gasteiger partial charge in [-0.3, -0.25) is 0 Å². The Morgan fingerprint density at radius 2 is 2.33 bits per heavy atom. The Hall–Kier alpha value is -1.16. The van der Waals surface area contributed by atoms with Crippen molar-refractivity contribution in [3.05, 3.63) is 24.1 Å². The van der Waals surface area contributed by atoms with Gasteiger partial charge < -0.3 is 10.1 Å². The van der Waals surface area contributed by atoms with Gasteiger partial charge in [0.1, 0.15) is 0 Å². The fourth-order valence-corrected chi connectivity index (χ4v) is 1.73. The zero-order valence-electron chi connectivity index (χ0n) is 8.58. The molecule has 0 spiro atoms. The van der Waals surface area contributed by atoms with Gasteiger partial charge in [0.05, 0.1) is 0 Å². The second kappa shape index (κ2) is 5.07. The van der Waals surface area contributed by atoms with Gasteiger partial charge in [-0.2, -0.15) is 0 Å². The summed E-state index contributed by atoms with van der Waals surface area (Å²) in [5.41, 5.74) is 0. The van der Waals surface area contributed by atoms with Crippen LogP contribution >= 0.6 is 0 Å². The molecule has 1 saturated heterocycles. The van der Waals surface area contributed by atoms with E-state index in [2.05, 4.69) is 10.3 Å². The van der Waals surface area contributed by atoms with Crippen LogP contribution in [0.5, 0.6) is 0 Å². The summed E-state index contributed by atoms with van der Waals surface area (Å²) in [5.74, 6) is 0.0621. The number of hydrogen-bond acceptors (Lipinski definition) is 3. The normalized spacial score (nSPS) is 22.1. The average molecular weight is 210 g/mol. The van der Waals surface area contributed by atoms with E-state index in [1.165, 1.54) is 6.07 Å². The highest BCUT2D eigenvalue weighted by Gasteiger charge is 2.14. The Kier molecular flexibility index (Phi) is 3.50. The topological polar surface area (TPSA) is 34.2 Å². The number of hydrogen-bond donors (Lipinski definition) is 1. The summed E-state index contributed by atoms with van der Waals surface area (Å²) < 4.78 is 18.6. The highest BCUT2D eigenvalue weighted by molar-refractivity contribution is 5.36. The van der Waals surface area contributed by atoms with Crippen molar-refractivity contribution >= 4 is 5.82 Å². The van der Waals surface area contributed by atoms with E-state index in [4.69, 9.17) is 4.74 Å². The highest BCUT2D eigenvalue weighted by atomic mass is 19.1. The third kappa shape index (κ3) is 2.89. The Labute approximate surface area is 88.7 Å². The second-order valence-electron chi connectivity index (χ2n) is 3.72. The van der Waals surface area contributed by atoms with E-state index in [1.54, 1.807) is 12.3 Å².